The first-order valence-electron chi connectivity index (χ1n) is 12.5. The quantitative estimate of drug-likeness (QED) is 0.137. The Labute approximate surface area is 232 Å². The molecule has 4 heterocycles. The molecule has 3 aromatic rings. The third kappa shape index (κ3) is 7.28. The lowest BCUT2D eigenvalue weighted by Gasteiger charge is -2.40. The van der Waals surface area contributed by atoms with E-state index in [1.807, 2.05) is 16.7 Å². The van der Waals surface area contributed by atoms with Crippen molar-refractivity contribution < 1.29 is 29.9 Å². The maximum Gasteiger partial charge on any atom is 0.247 e. The van der Waals surface area contributed by atoms with Gasteiger partial charge in [0.05, 0.1) is 21.9 Å². The Morgan fingerprint density at radius 3 is 2.46 bits per heavy atom. The summed E-state index contributed by atoms with van der Waals surface area (Å²) in [5, 5.41) is 39.2. The first-order chi connectivity index (χ1) is 17.9. The van der Waals surface area contributed by atoms with Gasteiger partial charge in [-0.15, -0.1) is 11.3 Å². The number of anilines is 1. The van der Waals surface area contributed by atoms with Gasteiger partial charge in [-0.05, 0) is 47.6 Å². The van der Waals surface area contributed by atoms with Gasteiger partial charge in [-0.3, -0.25) is 0 Å². The molecule has 0 amide bonds. The second-order valence-electron chi connectivity index (χ2n) is 9.27. The molecule has 1 aliphatic heterocycles. The molecule has 37 heavy (non-hydrogen) atoms. The lowest BCUT2D eigenvalue weighted by molar-refractivity contribution is -0.230. The number of aromatic nitrogens is 4. The molecule has 0 bridgehead atoms. The third-order valence-electron chi connectivity index (χ3n) is 6.56. The number of nitrogens with two attached hydrogens (primary N) is 1. The second-order valence-corrected chi connectivity index (χ2v) is 12.3. The van der Waals surface area contributed by atoms with Crippen molar-refractivity contribution in [3.63, 3.8) is 0 Å². The van der Waals surface area contributed by atoms with Crippen molar-refractivity contribution in [2.45, 2.75) is 88.6 Å². The van der Waals surface area contributed by atoms with E-state index in [0.717, 1.165) is 49.9 Å². The van der Waals surface area contributed by atoms with Gasteiger partial charge in [-0.25, -0.2) is 4.98 Å². The molecule has 11 nitrogen and oxygen atoms in total. The molecule has 0 radical (unpaired) electrons. The van der Waals surface area contributed by atoms with Crippen molar-refractivity contribution in [3.8, 4) is 5.88 Å². The molecule has 0 aromatic carbocycles. The first-order valence-corrected chi connectivity index (χ1v) is 14.4. The average molecular weight is 652 g/mol. The first kappa shape index (κ1) is 28.4. The molecule has 6 N–H and O–H groups in total. The minimum absolute atomic E-state index is 0.157. The number of aryl methyl sites for hydroxylation is 1. The van der Waals surface area contributed by atoms with Crippen LogP contribution in [0.15, 0.2) is 18.5 Å². The largest absolute Gasteiger partial charge is 0.470 e. The molecule has 4 rings (SSSR count). The van der Waals surface area contributed by atoms with Crippen molar-refractivity contribution in [2.75, 3.05) is 12.3 Å². The van der Waals surface area contributed by atoms with Crippen LogP contribution in [0.1, 0.15) is 49.8 Å². The fourth-order valence-corrected chi connectivity index (χ4v) is 6.19. The second kappa shape index (κ2) is 13.4. The zero-order valence-electron chi connectivity index (χ0n) is 20.4. The Balaban J connectivity index is 1.17. The highest BCUT2D eigenvalue weighted by Gasteiger charge is 2.42. The molecule has 204 valence electrons. The summed E-state index contributed by atoms with van der Waals surface area (Å²) in [4.78, 5) is 14.2. The molecule has 0 saturated carbocycles. The van der Waals surface area contributed by atoms with E-state index in [-0.39, 0.29) is 5.95 Å². The fraction of sp³-hybridized carbons (Fsp3) is 0.625. The smallest absolute Gasteiger partial charge is 0.247 e. The number of hydrogen-bond acceptors (Lipinski definition) is 11. The van der Waals surface area contributed by atoms with Crippen LogP contribution in [0.4, 0.5) is 5.95 Å². The molecule has 1 fully saturated rings. The number of hydrogen-bond donors (Lipinski definition) is 5. The van der Waals surface area contributed by atoms with Gasteiger partial charge in [0.2, 0.25) is 11.8 Å². The summed E-state index contributed by atoms with van der Waals surface area (Å²) in [6.45, 7) is 0.776. The highest BCUT2D eigenvalue weighted by Crippen LogP contribution is 2.26. The van der Waals surface area contributed by atoms with Crippen LogP contribution in [0.3, 0.4) is 0 Å². The number of ether oxygens (including phenoxy) is 2. The van der Waals surface area contributed by atoms with Gasteiger partial charge in [0.15, 0.2) is 11.2 Å². The predicted octanol–water partition coefficient (Wildman–Crippen LogP) is 2.23. The Morgan fingerprint density at radius 1 is 1.00 bits per heavy atom. The average Bonchev–Trinajstić information content (AvgIpc) is 3.49. The van der Waals surface area contributed by atoms with Gasteiger partial charge in [0.25, 0.3) is 0 Å². The predicted molar refractivity (Wildman–Crippen MR) is 147 cm³/mol. The van der Waals surface area contributed by atoms with Gasteiger partial charge in [0.1, 0.15) is 31.0 Å². The molecule has 0 unspecified atom stereocenters. The summed E-state index contributed by atoms with van der Waals surface area (Å²) in [7, 11) is 0. The van der Waals surface area contributed by atoms with Crippen molar-refractivity contribution in [3.05, 3.63) is 26.2 Å². The number of aliphatic hydroxyl groups excluding tert-OH is 4. The third-order valence-corrected chi connectivity index (χ3v) is 8.43. The van der Waals surface area contributed by atoms with Crippen LogP contribution in [-0.4, -0.2) is 77.1 Å². The van der Waals surface area contributed by atoms with E-state index in [0.29, 0.717) is 30.1 Å². The van der Waals surface area contributed by atoms with Gasteiger partial charge < -0.3 is 40.2 Å². The highest BCUT2D eigenvalue weighted by atomic mass is 131. The van der Waals surface area contributed by atoms with Crippen LogP contribution in [0, 0.1) is 2.88 Å². The van der Waals surface area contributed by atoms with Gasteiger partial charge >= 0.3 is 0 Å². The van der Waals surface area contributed by atoms with Crippen LogP contribution in [0.25, 0.3) is 11.2 Å². The summed E-state index contributed by atoms with van der Waals surface area (Å²) >= 11 is 3.95. The molecular weight excluding hydrogens is 617 g/mol. The van der Waals surface area contributed by atoms with E-state index in [2.05, 4.69) is 37.5 Å². The summed E-state index contributed by atoms with van der Waals surface area (Å²) in [5.74, 6) is 0.550. The van der Waals surface area contributed by atoms with Crippen molar-refractivity contribution in [2.24, 2.45) is 0 Å². The van der Waals surface area contributed by atoms with Gasteiger partial charge in [0, 0.05) is 11.4 Å². The summed E-state index contributed by atoms with van der Waals surface area (Å²) < 4.78 is 14.6. The SMILES string of the molecule is Nc1nc(OCc2ccc([131I])s2)c2ncn(CCCCCCCC[C@@H]3O[C@H](CO)[C@@H](O)[C@H](O)[C@H]3O)c2n1. The summed E-state index contributed by atoms with van der Waals surface area (Å²) in [6.07, 6.45) is 3.05. The minimum Gasteiger partial charge on any atom is -0.470 e. The number of imidazole rings is 1. The van der Waals surface area contributed by atoms with Crippen LogP contribution in [-0.2, 0) is 17.9 Å². The van der Waals surface area contributed by atoms with Crippen molar-refractivity contribution in [1.29, 1.82) is 0 Å². The minimum atomic E-state index is -1.30. The zero-order valence-corrected chi connectivity index (χ0v) is 23.4. The molecule has 1 aliphatic rings. The normalized spacial score (nSPS) is 24.1. The van der Waals surface area contributed by atoms with Crippen molar-refractivity contribution in [1.82, 2.24) is 19.5 Å². The Hall–Kier alpha value is -1.62. The Morgan fingerprint density at radius 2 is 1.73 bits per heavy atom. The molecule has 3 aromatic heterocycles. The molecular formula is C24H34IN5O6S. The maximum absolute atomic E-state index is 10.1. The molecule has 0 spiro atoms. The van der Waals surface area contributed by atoms with E-state index < -0.39 is 37.1 Å². The van der Waals surface area contributed by atoms with E-state index in [9.17, 15) is 20.4 Å². The fourth-order valence-electron chi connectivity index (χ4n) is 4.52. The van der Waals surface area contributed by atoms with E-state index >= 15 is 0 Å². The number of unbranched alkanes of at least 4 members (excludes halogenated alkanes) is 5. The highest BCUT2D eigenvalue weighted by molar-refractivity contribution is 14.1. The number of nitrogens with zero attached hydrogens (tertiary/aromatic N) is 4. The molecule has 1 saturated heterocycles. The van der Waals surface area contributed by atoms with E-state index in [4.69, 9.17) is 15.2 Å². The van der Waals surface area contributed by atoms with Crippen LogP contribution in [0.2, 0.25) is 0 Å². The Kier molecular flexibility index (Phi) is 10.3. The number of nitrogen functional groups attached to an aromatic ring is 1. The zero-order chi connectivity index (χ0) is 26.4. The van der Waals surface area contributed by atoms with Crippen LogP contribution >= 0.6 is 33.9 Å². The monoisotopic (exact) mass is 651 g/mol. The number of fused-ring (bicyclic) bond motifs is 1. The lowest BCUT2D eigenvalue weighted by atomic mass is 9.92. The standard InChI is InChI=1S/C24H34IN5O6S/c25-17-9-8-14(37-17)12-35-23-18-22(28-24(26)29-23)30(13-27-18)10-6-4-2-1-3-5-7-15-19(32)21(34)20(33)16(11-31)36-15/h8-9,13,15-16,19-21,31-34H,1-7,10-12H2,(H2,26,28,29)/t15-,16+,19-,20+,21+/m0/s1/i25+4. The number of rotatable bonds is 13. The number of thiophene rings is 1. The van der Waals surface area contributed by atoms with Gasteiger partial charge in [-0.2, -0.15) is 9.97 Å². The van der Waals surface area contributed by atoms with Crippen LogP contribution < -0.4 is 10.5 Å². The number of halogens is 1. The molecule has 13 heteroatoms. The number of aliphatic hydroxyl groups is 4. The maximum atomic E-state index is 10.1. The van der Waals surface area contributed by atoms with E-state index in [1.165, 1.54) is 2.88 Å². The topological polar surface area (TPSA) is 169 Å². The lowest BCUT2D eigenvalue weighted by Crippen LogP contribution is -2.58. The molecule has 5 atom stereocenters. The van der Waals surface area contributed by atoms with Gasteiger partial charge in [-0.1, -0.05) is 32.1 Å². The van der Waals surface area contributed by atoms with E-state index in [1.54, 1.807) is 17.7 Å². The Bertz CT molecular complexity index is 1140. The van der Waals surface area contributed by atoms with Crippen LogP contribution in [0.5, 0.6) is 5.88 Å². The summed E-state index contributed by atoms with van der Waals surface area (Å²) in [6, 6.07) is 4.07. The summed E-state index contributed by atoms with van der Waals surface area (Å²) in [5.41, 5.74) is 7.21. The molecule has 0 aliphatic carbocycles. The van der Waals surface area contributed by atoms with Crippen molar-refractivity contribution >= 4 is 51.0 Å².